The van der Waals surface area contributed by atoms with Crippen LogP contribution in [0.2, 0.25) is 15.1 Å². The van der Waals surface area contributed by atoms with Crippen LogP contribution in [0, 0.1) is 5.82 Å². The molecule has 4 aromatic carbocycles. The molecule has 0 spiro atoms. The van der Waals surface area contributed by atoms with E-state index in [1.165, 1.54) is 12.3 Å². The van der Waals surface area contributed by atoms with Crippen molar-refractivity contribution in [2.24, 2.45) is 16.0 Å². The highest BCUT2D eigenvalue weighted by molar-refractivity contribution is 6.35. The third-order valence-corrected chi connectivity index (χ3v) is 7.73. The van der Waals surface area contributed by atoms with E-state index in [0.29, 0.717) is 21.4 Å². The molecule has 0 aliphatic carbocycles. The van der Waals surface area contributed by atoms with Crippen molar-refractivity contribution in [3.8, 4) is 0 Å². The van der Waals surface area contributed by atoms with Crippen molar-refractivity contribution in [1.29, 1.82) is 0 Å². The molecule has 1 aliphatic heterocycles. The van der Waals surface area contributed by atoms with Crippen LogP contribution in [0.1, 0.15) is 39.0 Å². The molecular formula is C30H20Cl3F4N3O3. The summed E-state index contributed by atoms with van der Waals surface area (Å²) in [6.45, 7) is 0.157. The summed E-state index contributed by atoms with van der Waals surface area (Å²) < 4.78 is 57.9. The van der Waals surface area contributed by atoms with Gasteiger partial charge >= 0.3 is 6.18 Å². The van der Waals surface area contributed by atoms with Crippen LogP contribution < -0.4 is 5.73 Å². The summed E-state index contributed by atoms with van der Waals surface area (Å²) in [5.41, 5.74) is 3.79. The number of carbonyl (C=O) groups excluding carboxylic acids is 1. The highest BCUT2D eigenvalue weighted by atomic mass is 35.5. The first-order chi connectivity index (χ1) is 20.4. The average molecular weight is 653 g/mol. The zero-order valence-electron chi connectivity index (χ0n) is 21.9. The Morgan fingerprint density at radius 1 is 1.05 bits per heavy atom. The highest BCUT2D eigenvalue weighted by Crippen LogP contribution is 2.50. The number of benzene rings is 4. The molecule has 0 saturated carbocycles. The Morgan fingerprint density at radius 3 is 2.33 bits per heavy atom. The second-order valence-corrected chi connectivity index (χ2v) is 10.9. The first kappa shape index (κ1) is 30.6. The number of carbonyl (C=O) groups is 1. The fraction of sp³-hybridized carbons (Fsp3) is 0.167. The number of amides is 1. The van der Waals surface area contributed by atoms with Crippen LogP contribution >= 0.6 is 34.8 Å². The number of primary amides is 1. The van der Waals surface area contributed by atoms with E-state index in [4.69, 9.17) is 50.2 Å². The average Bonchev–Trinajstić information content (AvgIpc) is 3.43. The van der Waals surface area contributed by atoms with Gasteiger partial charge in [-0.3, -0.25) is 4.79 Å². The van der Waals surface area contributed by atoms with Gasteiger partial charge in [-0.1, -0.05) is 81.5 Å². The largest absolute Gasteiger partial charge is 0.435 e. The van der Waals surface area contributed by atoms with Crippen LogP contribution in [0.4, 0.5) is 17.6 Å². The first-order valence-corrected chi connectivity index (χ1v) is 13.7. The smallest absolute Gasteiger partial charge is 0.391 e. The summed E-state index contributed by atoms with van der Waals surface area (Å²) in [4.78, 5) is 23.0. The van der Waals surface area contributed by atoms with Gasteiger partial charge in [0.05, 0.1) is 21.3 Å². The topological polar surface area (TPSA) is 86.3 Å². The van der Waals surface area contributed by atoms with E-state index in [-0.39, 0.29) is 29.9 Å². The van der Waals surface area contributed by atoms with Gasteiger partial charge in [0.1, 0.15) is 6.61 Å². The molecule has 0 radical (unpaired) electrons. The van der Waals surface area contributed by atoms with Gasteiger partial charge in [-0.15, -0.1) is 0 Å². The predicted octanol–water partition coefficient (Wildman–Crippen LogP) is 8.37. The standard InChI is InChI=1S/C30H20Cl3F4N3O3/c31-19-7-5-16(6-8-19)15-42-39-10-9-17-11-22(20-3-1-2-4-21(20)26(17)28(38)41)25-14-29(43-40-25,30(35,36)37)18-12-23(32)27(34)24(33)13-18/h1-8,10-13H,9,14-15H2,(H2,38,41). The Morgan fingerprint density at radius 2 is 1.70 bits per heavy atom. The number of oxime groups is 2. The van der Waals surface area contributed by atoms with Gasteiger partial charge in [0.2, 0.25) is 5.91 Å². The SMILES string of the molecule is NC(=O)c1c(CC=NOCc2ccc(Cl)cc2)cc(C2=NOC(c3cc(Cl)c(F)c(Cl)c3)(C(F)(F)F)C2)c2ccccc12. The molecule has 1 amide bonds. The number of nitrogens with zero attached hydrogens (tertiary/aromatic N) is 2. The van der Waals surface area contributed by atoms with E-state index in [1.807, 2.05) is 0 Å². The molecule has 5 rings (SSSR count). The normalized spacial score (nSPS) is 16.9. The van der Waals surface area contributed by atoms with Gasteiger partial charge in [-0.25, -0.2) is 4.39 Å². The van der Waals surface area contributed by atoms with Crippen LogP contribution in [0.15, 0.2) is 77.0 Å². The molecule has 4 aromatic rings. The number of hydrogen-bond acceptors (Lipinski definition) is 5. The number of hydrogen-bond donors (Lipinski definition) is 1. The number of rotatable bonds is 8. The molecular weight excluding hydrogens is 633 g/mol. The van der Waals surface area contributed by atoms with Crippen molar-refractivity contribution in [2.45, 2.75) is 31.2 Å². The lowest BCUT2D eigenvalue weighted by atomic mass is 9.84. The van der Waals surface area contributed by atoms with Gasteiger partial charge < -0.3 is 15.4 Å². The molecule has 0 bridgehead atoms. The lowest BCUT2D eigenvalue weighted by molar-refractivity contribution is -0.275. The number of alkyl halides is 3. The van der Waals surface area contributed by atoms with Gasteiger partial charge in [-0.2, -0.15) is 13.2 Å². The van der Waals surface area contributed by atoms with Crippen molar-refractivity contribution >= 4 is 63.4 Å². The van der Waals surface area contributed by atoms with E-state index in [0.717, 1.165) is 17.7 Å². The number of nitrogens with two attached hydrogens (primary N) is 1. The maximum atomic E-state index is 14.6. The Kier molecular flexibility index (Phi) is 8.56. The number of fused-ring (bicyclic) bond motifs is 1. The quantitative estimate of drug-likeness (QED) is 0.0898. The summed E-state index contributed by atoms with van der Waals surface area (Å²) in [6, 6.07) is 16.7. The van der Waals surface area contributed by atoms with Crippen LogP contribution in [0.3, 0.4) is 0 Å². The number of halogens is 7. The monoisotopic (exact) mass is 651 g/mol. The van der Waals surface area contributed by atoms with Crippen molar-refractivity contribution in [3.63, 3.8) is 0 Å². The molecule has 1 atom stereocenters. The minimum Gasteiger partial charge on any atom is -0.391 e. The van der Waals surface area contributed by atoms with Crippen molar-refractivity contribution in [2.75, 3.05) is 0 Å². The summed E-state index contributed by atoms with van der Waals surface area (Å²) in [5, 5.41) is 7.98. The van der Waals surface area contributed by atoms with Gasteiger partial charge in [-0.05, 0) is 52.2 Å². The third kappa shape index (κ3) is 6.00. The lowest BCUT2D eigenvalue weighted by Crippen LogP contribution is -2.42. The predicted molar refractivity (Wildman–Crippen MR) is 157 cm³/mol. The summed E-state index contributed by atoms with van der Waals surface area (Å²) in [5.74, 6) is -1.79. The minimum atomic E-state index is -5.00. The van der Waals surface area contributed by atoms with Crippen molar-refractivity contribution in [3.05, 3.63) is 115 Å². The molecule has 1 unspecified atom stereocenters. The zero-order valence-corrected chi connectivity index (χ0v) is 24.2. The molecule has 43 heavy (non-hydrogen) atoms. The minimum absolute atomic E-state index is 0.0540. The van der Waals surface area contributed by atoms with E-state index in [9.17, 15) is 22.4 Å². The van der Waals surface area contributed by atoms with Crippen LogP contribution in [0.25, 0.3) is 10.8 Å². The maximum Gasteiger partial charge on any atom is 0.435 e. The molecule has 2 N–H and O–H groups in total. The molecule has 6 nitrogen and oxygen atoms in total. The molecule has 1 heterocycles. The molecule has 13 heteroatoms. The highest BCUT2D eigenvalue weighted by Gasteiger charge is 2.62. The van der Waals surface area contributed by atoms with Crippen LogP contribution in [-0.4, -0.2) is 24.0 Å². The Labute approximate surface area is 257 Å². The van der Waals surface area contributed by atoms with Crippen LogP contribution in [-0.2, 0) is 28.3 Å². The molecule has 0 saturated heterocycles. The van der Waals surface area contributed by atoms with Crippen molar-refractivity contribution in [1.82, 2.24) is 0 Å². The summed E-state index contributed by atoms with van der Waals surface area (Å²) in [6.07, 6.45) is -4.32. The maximum absolute atomic E-state index is 14.6. The summed E-state index contributed by atoms with van der Waals surface area (Å²) >= 11 is 17.5. The van der Waals surface area contributed by atoms with E-state index < -0.39 is 45.5 Å². The van der Waals surface area contributed by atoms with E-state index in [1.54, 1.807) is 48.5 Å². The zero-order chi connectivity index (χ0) is 30.9. The molecule has 222 valence electrons. The molecule has 1 aliphatic rings. The second kappa shape index (κ2) is 12.0. The molecule has 0 aromatic heterocycles. The van der Waals surface area contributed by atoms with Gasteiger partial charge in [0, 0.05) is 35.2 Å². The van der Waals surface area contributed by atoms with Crippen LogP contribution in [0.5, 0.6) is 0 Å². The van der Waals surface area contributed by atoms with E-state index >= 15 is 0 Å². The molecule has 0 fully saturated rings. The third-order valence-electron chi connectivity index (χ3n) is 6.92. The lowest BCUT2D eigenvalue weighted by Gasteiger charge is -2.30. The Bertz CT molecular complexity index is 1760. The first-order valence-electron chi connectivity index (χ1n) is 12.6. The second-order valence-electron chi connectivity index (χ2n) is 9.64. The van der Waals surface area contributed by atoms with Gasteiger partial charge in [0.15, 0.2) is 5.82 Å². The fourth-order valence-corrected chi connectivity index (χ4v) is 5.45. The van der Waals surface area contributed by atoms with E-state index in [2.05, 4.69) is 10.3 Å². The summed E-state index contributed by atoms with van der Waals surface area (Å²) in [7, 11) is 0. The van der Waals surface area contributed by atoms with Crippen molar-refractivity contribution < 1.29 is 32.0 Å². The van der Waals surface area contributed by atoms with Gasteiger partial charge in [0.25, 0.3) is 5.60 Å². The Balaban J connectivity index is 1.51. The Hall–Kier alpha value is -3.86. The fourth-order valence-electron chi connectivity index (χ4n) is 4.84.